The summed E-state index contributed by atoms with van der Waals surface area (Å²) in [6, 6.07) is 14.9. The third-order valence-corrected chi connectivity index (χ3v) is 6.93. The Bertz CT molecular complexity index is 1130. The SMILES string of the molecule is CCN1CCN(c2nc(-c3ccc(N4CCN(C(C)=O)CC4)nc3)cc3ccccc23)CC1.Cl.Cl.Cl. The number of carbonyl (C=O) groups is 1. The van der Waals surface area contributed by atoms with Gasteiger partial charge in [0.25, 0.3) is 0 Å². The molecule has 2 aliphatic rings. The summed E-state index contributed by atoms with van der Waals surface area (Å²) in [6.45, 7) is 12.2. The number of piperazine rings is 2. The van der Waals surface area contributed by atoms with Crippen LogP contribution >= 0.6 is 37.2 Å². The zero-order chi connectivity index (χ0) is 22.8. The molecule has 0 radical (unpaired) electrons. The third-order valence-electron chi connectivity index (χ3n) is 6.93. The molecule has 7 nitrogen and oxygen atoms in total. The molecule has 2 fully saturated rings. The van der Waals surface area contributed by atoms with Crippen LogP contribution < -0.4 is 9.80 Å². The van der Waals surface area contributed by atoms with Gasteiger partial charge in [-0.1, -0.05) is 31.2 Å². The zero-order valence-corrected chi connectivity index (χ0v) is 23.2. The maximum atomic E-state index is 11.6. The molecule has 0 bridgehead atoms. The summed E-state index contributed by atoms with van der Waals surface area (Å²) in [5.41, 5.74) is 1.99. The second-order valence-corrected chi connectivity index (χ2v) is 8.87. The van der Waals surface area contributed by atoms with Gasteiger partial charge in [0.15, 0.2) is 0 Å². The first-order valence-electron chi connectivity index (χ1n) is 12.0. The average Bonchev–Trinajstić information content (AvgIpc) is 2.88. The van der Waals surface area contributed by atoms with E-state index in [1.807, 2.05) is 11.1 Å². The highest BCUT2D eigenvalue weighted by Crippen LogP contribution is 2.31. The van der Waals surface area contributed by atoms with Crippen molar-refractivity contribution in [2.75, 3.05) is 68.7 Å². The Morgan fingerprint density at radius 1 is 0.861 bits per heavy atom. The minimum absolute atomic E-state index is 0. The average molecular weight is 554 g/mol. The van der Waals surface area contributed by atoms with E-state index >= 15 is 0 Å². The number of rotatable bonds is 4. The quantitative estimate of drug-likeness (QED) is 0.478. The number of amides is 1. The van der Waals surface area contributed by atoms with Gasteiger partial charge < -0.3 is 19.6 Å². The largest absolute Gasteiger partial charge is 0.354 e. The molecule has 0 atom stereocenters. The normalized spacial score (nSPS) is 16.1. The number of pyridine rings is 2. The molecular formula is C26H35Cl3N6O. The smallest absolute Gasteiger partial charge is 0.219 e. The molecule has 1 aromatic carbocycles. The second kappa shape index (κ2) is 13.3. The molecule has 4 heterocycles. The molecule has 0 aliphatic carbocycles. The van der Waals surface area contributed by atoms with Crippen molar-refractivity contribution in [2.45, 2.75) is 13.8 Å². The second-order valence-electron chi connectivity index (χ2n) is 8.87. The lowest BCUT2D eigenvalue weighted by molar-refractivity contribution is -0.129. The van der Waals surface area contributed by atoms with Crippen LogP contribution in [0.1, 0.15) is 13.8 Å². The van der Waals surface area contributed by atoms with E-state index in [9.17, 15) is 4.79 Å². The van der Waals surface area contributed by atoms with E-state index in [-0.39, 0.29) is 43.1 Å². The molecule has 0 saturated carbocycles. The predicted octanol–water partition coefficient (Wildman–Crippen LogP) is 4.37. The predicted molar refractivity (Wildman–Crippen MR) is 156 cm³/mol. The summed E-state index contributed by atoms with van der Waals surface area (Å²) in [7, 11) is 0. The summed E-state index contributed by atoms with van der Waals surface area (Å²) in [5, 5.41) is 2.42. The van der Waals surface area contributed by atoms with Gasteiger partial charge >= 0.3 is 0 Å². The van der Waals surface area contributed by atoms with Gasteiger partial charge in [-0.3, -0.25) is 4.79 Å². The molecule has 10 heteroatoms. The number of likely N-dealkylation sites (N-methyl/N-ethyl adjacent to an activating group) is 1. The Balaban J connectivity index is 0.00000152. The Morgan fingerprint density at radius 2 is 1.53 bits per heavy atom. The summed E-state index contributed by atoms with van der Waals surface area (Å²) < 4.78 is 0. The van der Waals surface area contributed by atoms with Crippen LogP contribution in [-0.4, -0.2) is 84.6 Å². The van der Waals surface area contributed by atoms with E-state index in [1.165, 1.54) is 10.8 Å². The van der Waals surface area contributed by atoms with Crippen molar-refractivity contribution in [3.8, 4) is 11.3 Å². The Hall–Kier alpha value is -2.32. The number of benzene rings is 1. The van der Waals surface area contributed by atoms with E-state index in [4.69, 9.17) is 9.97 Å². The molecule has 0 spiro atoms. The molecule has 1 amide bonds. The van der Waals surface area contributed by atoms with Crippen molar-refractivity contribution in [3.05, 3.63) is 48.7 Å². The maximum absolute atomic E-state index is 11.6. The molecule has 0 N–H and O–H groups in total. The first kappa shape index (κ1) is 29.9. The molecule has 2 saturated heterocycles. The highest BCUT2D eigenvalue weighted by Gasteiger charge is 2.21. The van der Waals surface area contributed by atoms with Crippen LogP contribution in [-0.2, 0) is 4.79 Å². The summed E-state index contributed by atoms with van der Waals surface area (Å²) in [6.07, 6.45) is 1.93. The Labute approximate surface area is 232 Å². The molecule has 2 aromatic heterocycles. The van der Waals surface area contributed by atoms with Gasteiger partial charge in [-0.15, -0.1) is 37.2 Å². The molecule has 3 aromatic rings. The van der Waals surface area contributed by atoms with Gasteiger partial charge in [-0.05, 0) is 30.1 Å². The van der Waals surface area contributed by atoms with E-state index in [1.54, 1.807) is 6.92 Å². The van der Waals surface area contributed by atoms with E-state index in [0.717, 1.165) is 81.8 Å². The summed E-state index contributed by atoms with van der Waals surface area (Å²) in [4.78, 5) is 30.5. The van der Waals surface area contributed by atoms with Crippen LogP contribution in [0.4, 0.5) is 11.6 Å². The molecule has 36 heavy (non-hydrogen) atoms. The van der Waals surface area contributed by atoms with Crippen molar-refractivity contribution < 1.29 is 4.79 Å². The Kier molecular flexibility index (Phi) is 11.0. The molecule has 0 unspecified atom stereocenters. The molecule has 2 aliphatic heterocycles. The lowest BCUT2D eigenvalue weighted by atomic mass is 10.1. The number of fused-ring (bicyclic) bond motifs is 1. The van der Waals surface area contributed by atoms with Gasteiger partial charge in [0.05, 0.1) is 5.69 Å². The topological polar surface area (TPSA) is 55.8 Å². The first-order chi connectivity index (χ1) is 16.1. The lowest BCUT2D eigenvalue weighted by Crippen LogP contribution is -2.48. The highest BCUT2D eigenvalue weighted by molar-refractivity contribution is 5.95. The van der Waals surface area contributed by atoms with Crippen molar-refractivity contribution in [2.24, 2.45) is 0 Å². The van der Waals surface area contributed by atoms with Crippen LogP contribution in [0, 0.1) is 0 Å². The maximum Gasteiger partial charge on any atom is 0.219 e. The number of carbonyl (C=O) groups excluding carboxylic acids is 1. The number of anilines is 2. The third kappa shape index (κ3) is 6.32. The van der Waals surface area contributed by atoms with E-state index < -0.39 is 0 Å². The van der Waals surface area contributed by atoms with Crippen LogP contribution in [0.15, 0.2) is 48.7 Å². The minimum atomic E-state index is 0. The zero-order valence-electron chi connectivity index (χ0n) is 20.8. The molecule has 5 rings (SSSR count). The van der Waals surface area contributed by atoms with Gasteiger partial charge in [0.2, 0.25) is 5.91 Å². The monoisotopic (exact) mass is 552 g/mol. The number of hydrogen-bond acceptors (Lipinski definition) is 6. The minimum Gasteiger partial charge on any atom is -0.354 e. The van der Waals surface area contributed by atoms with Gasteiger partial charge in [0, 0.05) is 76.4 Å². The van der Waals surface area contributed by atoms with Crippen molar-refractivity contribution in [3.63, 3.8) is 0 Å². The fraction of sp³-hybridized carbons (Fsp3) is 0.423. The Morgan fingerprint density at radius 3 is 2.14 bits per heavy atom. The number of halogens is 3. The summed E-state index contributed by atoms with van der Waals surface area (Å²) >= 11 is 0. The van der Waals surface area contributed by atoms with Crippen LogP contribution in [0.2, 0.25) is 0 Å². The van der Waals surface area contributed by atoms with Gasteiger partial charge in [-0.2, -0.15) is 0 Å². The number of aromatic nitrogens is 2. The van der Waals surface area contributed by atoms with E-state index in [0.29, 0.717) is 0 Å². The van der Waals surface area contributed by atoms with Crippen molar-refractivity contribution in [1.29, 1.82) is 0 Å². The molecule has 196 valence electrons. The number of hydrogen-bond donors (Lipinski definition) is 0. The fourth-order valence-corrected chi connectivity index (χ4v) is 4.82. The van der Waals surface area contributed by atoms with Crippen molar-refractivity contribution >= 4 is 65.5 Å². The van der Waals surface area contributed by atoms with Gasteiger partial charge in [0.1, 0.15) is 11.6 Å². The summed E-state index contributed by atoms with van der Waals surface area (Å²) in [5.74, 6) is 2.18. The van der Waals surface area contributed by atoms with Crippen LogP contribution in [0.5, 0.6) is 0 Å². The van der Waals surface area contributed by atoms with Crippen LogP contribution in [0.25, 0.3) is 22.0 Å². The first-order valence-corrected chi connectivity index (χ1v) is 12.0. The van der Waals surface area contributed by atoms with E-state index in [2.05, 4.69) is 64.1 Å². The standard InChI is InChI=1S/C26H32N6O.3ClH/c1-3-29-10-12-32(13-11-29)26-23-7-5-4-6-21(23)18-24(28-26)22-8-9-25(27-19-22)31-16-14-30(15-17-31)20(2)33;;;/h4-9,18-19H,3,10-17H2,1-2H3;3*1H. The number of nitrogens with zero attached hydrogens (tertiary/aromatic N) is 6. The highest BCUT2D eigenvalue weighted by atomic mass is 35.5. The van der Waals surface area contributed by atoms with Gasteiger partial charge in [-0.25, -0.2) is 9.97 Å². The fourth-order valence-electron chi connectivity index (χ4n) is 4.82. The van der Waals surface area contributed by atoms with Crippen LogP contribution in [0.3, 0.4) is 0 Å². The van der Waals surface area contributed by atoms with Crippen molar-refractivity contribution in [1.82, 2.24) is 19.8 Å². The lowest BCUT2D eigenvalue weighted by Gasteiger charge is -2.35. The molecular weight excluding hydrogens is 519 g/mol.